The third-order valence-corrected chi connectivity index (χ3v) is 6.08. The molecule has 0 saturated carbocycles. The number of hydrogen-bond acceptors (Lipinski definition) is 5. The fraction of sp³-hybridized carbons (Fsp3) is 0.391. The Kier molecular flexibility index (Phi) is 6.13. The predicted octanol–water partition coefficient (Wildman–Crippen LogP) is 0.820. The van der Waals surface area contributed by atoms with Crippen LogP contribution in [-0.2, 0) is 32.2 Å². The van der Waals surface area contributed by atoms with Crippen molar-refractivity contribution < 1.29 is 28.4 Å². The molecule has 2 aliphatic heterocycles. The molecule has 4 amide bonds. The molecule has 2 aromatic rings. The number of nitrogens with zero attached hydrogens (tertiary/aromatic N) is 3. The van der Waals surface area contributed by atoms with E-state index in [1.165, 1.54) is 17.0 Å². The zero-order valence-corrected chi connectivity index (χ0v) is 19.4. The zero-order valence-electron chi connectivity index (χ0n) is 19.4. The lowest BCUT2D eigenvalue weighted by Crippen LogP contribution is -2.44. The van der Waals surface area contributed by atoms with E-state index in [0.717, 1.165) is 5.06 Å². The summed E-state index contributed by atoms with van der Waals surface area (Å²) in [5, 5.41) is 3.63. The van der Waals surface area contributed by atoms with Crippen molar-refractivity contribution >= 4 is 29.3 Å². The van der Waals surface area contributed by atoms with E-state index in [4.69, 9.17) is 4.84 Å². The number of fused-ring (bicyclic) bond motifs is 1. The van der Waals surface area contributed by atoms with Gasteiger partial charge in [0.2, 0.25) is 11.8 Å². The van der Waals surface area contributed by atoms with Crippen LogP contribution in [0.1, 0.15) is 32.9 Å². The lowest BCUT2D eigenvalue weighted by molar-refractivity contribution is -0.168. The van der Waals surface area contributed by atoms with Gasteiger partial charge >= 0.3 is 0 Å². The van der Waals surface area contributed by atoms with Crippen LogP contribution in [0.2, 0.25) is 0 Å². The summed E-state index contributed by atoms with van der Waals surface area (Å²) in [6.07, 6.45) is 0.121. The smallest absolute Gasteiger partial charge is 0.271 e. The molecule has 2 aliphatic rings. The van der Waals surface area contributed by atoms with Gasteiger partial charge in [-0.25, -0.2) is 9.45 Å². The van der Waals surface area contributed by atoms with E-state index < -0.39 is 23.7 Å². The Hall–Kier alpha value is -3.73. The van der Waals surface area contributed by atoms with Crippen LogP contribution in [0, 0.1) is 19.7 Å². The van der Waals surface area contributed by atoms with Crippen molar-refractivity contribution in [2.24, 2.45) is 0 Å². The molecule has 0 bridgehead atoms. The highest BCUT2D eigenvalue weighted by Crippen LogP contribution is 2.32. The lowest BCUT2D eigenvalue weighted by Gasteiger charge is -2.17. The Labute approximate surface area is 195 Å². The number of amides is 4. The van der Waals surface area contributed by atoms with Crippen LogP contribution in [0.25, 0.3) is 0 Å². The maximum absolute atomic E-state index is 13.5. The number of H-pyrrole nitrogens is 1. The van der Waals surface area contributed by atoms with Gasteiger partial charge in [0.15, 0.2) is 0 Å². The first-order chi connectivity index (χ1) is 16.1. The number of benzene rings is 1. The molecular formula is C23H26FN5O5. The van der Waals surface area contributed by atoms with Gasteiger partial charge in [0.1, 0.15) is 25.0 Å². The van der Waals surface area contributed by atoms with E-state index in [1.54, 1.807) is 38.9 Å². The number of carbonyl (C=O) groups excluding carboxylic acids is 4. The Bertz CT molecular complexity index is 1190. The summed E-state index contributed by atoms with van der Waals surface area (Å²) in [6.45, 7) is 3.38. The van der Waals surface area contributed by atoms with Crippen molar-refractivity contribution in [3.63, 3.8) is 0 Å². The van der Waals surface area contributed by atoms with Crippen molar-refractivity contribution in [3.05, 3.63) is 52.1 Å². The van der Waals surface area contributed by atoms with Gasteiger partial charge in [-0.2, -0.15) is 0 Å². The van der Waals surface area contributed by atoms with Crippen LogP contribution in [0.5, 0.6) is 0 Å². The second-order valence-corrected chi connectivity index (χ2v) is 8.64. The number of carbonyl (C=O) groups is 4. The van der Waals surface area contributed by atoms with Gasteiger partial charge in [0.25, 0.3) is 11.8 Å². The quantitative estimate of drug-likeness (QED) is 0.648. The molecule has 2 N–H and O–H groups in total. The minimum absolute atomic E-state index is 0.0731. The van der Waals surface area contributed by atoms with Crippen LogP contribution >= 0.6 is 0 Å². The molecule has 0 spiro atoms. The van der Waals surface area contributed by atoms with Gasteiger partial charge in [-0.05, 0) is 43.2 Å². The average molecular weight is 471 g/mol. The number of rotatable bonds is 6. The summed E-state index contributed by atoms with van der Waals surface area (Å²) in [6, 6.07) is 3.33. The van der Waals surface area contributed by atoms with E-state index in [0.29, 0.717) is 33.8 Å². The lowest BCUT2D eigenvalue weighted by atomic mass is 10.1. The second-order valence-electron chi connectivity index (χ2n) is 8.64. The summed E-state index contributed by atoms with van der Waals surface area (Å²) in [7, 11) is 3.15. The van der Waals surface area contributed by atoms with E-state index in [1.807, 2.05) is 0 Å². The topological polar surface area (TPSA) is 115 Å². The average Bonchev–Trinajstić information content (AvgIpc) is 3.36. The molecule has 1 aromatic carbocycles. The molecule has 3 heterocycles. The van der Waals surface area contributed by atoms with Crippen molar-refractivity contribution in [2.75, 3.05) is 32.1 Å². The van der Waals surface area contributed by atoms with E-state index in [9.17, 15) is 23.6 Å². The van der Waals surface area contributed by atoms with Gasteiger partial charge in [0.05, 0.1) is 18.5 Å². The van der Waals surface area contributed by atoms with Gasteiger partial charge in [-0.1, -0.05) is 0 Å². The third-order valence-electron chi connectivity index (χ3n) is 6.08. The number of aromatic nitrogens is 1. The number of nitrogens with one attached hydrogen (secondary N) is 2. The molecule has 11 heteroatoms. The van der Waals surface area contributed by atoms with E-state index in [2.05, 4.69) is 10.3 Å². The highest BCUT2D eigenvalue weighted by molar-refractivity contribution is 6.02. The number of hydrogen-bond donors (Lipinski definition) is 2. The third kappa shape index (κ3) is 4.26. The van der Waals surface area contributed by atoms with Gasteiger partial charge < -0.3 is 20.1 Å². The molecule has 0 aliphatic carbocycles. The molecular weight excluding hydrogens is 445 g/mol. The molecule has 180 valence electrons. The number of aromatic amines is 1. The standard InChI is InChI=1S/C23H26FN5O5/c1-12-16(9-28-18-6-5-15(24)7-14(18)8-19(28)30)25-13(2)21(12)22(32)26-17-11-34-29(23(17)33)10-20(31)27(3)4/h5-7,17,25H,8-11H2,1-4H3,(H,26,32)/t17-/m1/s1. The first kappa shape index (κ1) is 23.4. The summed E-state index contributed by atoms with van der Waals surface area (Å²) in [5.41, 5.74) is 3.54. The van der Waals surface area contributed by atoms with Crippen LogP contribution in [0.15, 0.2) is 18.2 Å². The highest BCUT2D eigenvalue weighted by atomic mass is 19.1. The number of halogens is 1. The summed E-state index contributed by atoms with van der Waals surface area (Å²) in [5.74, 6) is -1.81. The van der Waals surface area contributed by atoms with Crippen molar-refractivity contribution in [1.29, 1.82) is 0 Å². The highest BCUT2D eigenvalue weighted by Gasteiger charge is 2.37. The Morgan fingerprint density at radius 3 is 2.71 bits per heavy atom. The van der Waals surface area contributed by atoms with Crippen LogP contribution in [-0.4, -0.2) is 71.9 Å². The van der Waals surface area contributed by atoms with Crippen LogP contribution < -0.4 is 10.2 Å². The van der Waals surface area contributed by atoms with E-state index in [-0.39, 0.29) is 37.9 Å². The monoisotopic (exact) mass is 471 g/mol. The predicted molar refractivity (Wildman–Crippen MR) is 119 cm³/mol. The first-order valence-electron chi connectivity index (χ1n) is 10.8. The summed E-state index contributed by atoms with van der Waals surface area (Å²) < 4.78 is 13.5. The Balaban J connectivity index is 1.47. The number of aryl methyl sites for hydroxylation is 1. The maximum Gasteiger partial charge on any atom is 0.271 e. The summed E-state index contributed by atoms with van der Waals surface area (Å²) in [4.78, 5) is 61.3. The SMILES string of the molecule is Cc1[nH]c(CN2C(=O)Cc3cc(F)ccc32)c(C)c1C(=O)N[C@@H]1CON(CC(=O)N(C)C)C1=O. The van der Waals surface area contributed by atoms with Crippen LogP contribution in [0.4, 0.5) is 10.1 Å². The molecule has 1 atom stereocenters. The Morgan fingerprint density at radius 1 is 1.26 bits per heavy atom. The first-order valence-corrected chi connectivity index (χ1v) is 10.8. The Morgan fingerprint density at radius 2 is 2.00 bits per heavy atom. The van der Waals surface area contributed by atoms with Gasteiger partial charge in [-0.15, -0.1) is 0 Å². The number of hydroxylamine groups is 2. The molecule has 10 nitrogen and oxygen atoms in total. The normalized spacial score (nSPS) is 17.4. The number of anilines is 1. The largest absolute Gasteiger partial charge is 0.360 e. The molecule has 0 radical (unpaired) electrons. The zero-order chi connectivity index (χ0) is 24.7. The van der Waals surface area contributed by atoms with E-state index >= 15 is 0 Å². The fourth-order valence-electron chi connectivity index (χ4n) is 4.19. The minimum Gasteiger partial charge on any atom is -0.360 e. The van der Waals surface area contributed by atoms with Crippen LogP contribution in [0.3, 0.4) is 0 Å². The number of likely N-dealkylation sites (N-methyl/N-ethyl adjacent to an activating group) is 1. The van der Waals surface area contributed by atoms with Gasteiger partial charge in [-0.3, -0.25) is 24.0 Å². The minimum atomic E-state index is -0.915. The van der Waals surface area contributed by atoms with Crippen molar-refractivity contribution in [3.8, 4) is 0 Å². The summed E-state index contributed by atoms with van der Waals surface area (Å²) >= 11 is 0. The molecule has 34 heavy (non-hydrogen) atoms. The molecule has 4 rings (SSSR count). The molecule has 1 aromatic heterocycles. The second kappa shape index (κ2) is 8.90. The maximum atomic E-state index is 13.5. The van der Waals surface area contributed by atoms with Crippen molar-refractivity contribution in [2.45, 2.75) is 32.9 Å². The molecule has 0 unspecified atom stereocenters. The molecule has 1 fully saturated rings. The molecule has 1 saturated heterocycles. The van der Waals surface area contributed by atoms with Gasteiger partial charge in [0, 0.05) is 31.2 Å². The van der Waals surface area contributed by atoms with Crippen molar-refractivity contribution in [1.82, 2.24) is 20.3 Å². The fourth-order valence-corrected chi connectivity index (χ4v) is 4.19.